The van der Waals surface area contributed by atoms with Crippen molar-refractivity contribution in [1.29, 1.82) is 0 Å². The van der Waals surface area contributed by atoms with Gasteiger partial charge in [-0.1, -0.05) is 6.07 Å². The Labute approximate surface area is 190 Å². The maximum Gasteiger partial charge on any atom is 0.254 e. The molecular formula is C22H21F3N2O5S. The van der Waals surface area contributed by atoms with Gasteiger partial charge in [-0.2, -0.15) is 0 Å². The third-order valence-corrected chi connectivity index (χ3v) is 5.10. The third-order valence-electron chi connectivity index (χ3n) is 4.65. The number of nitrogens with one attached hydrogen (secondary N) is 1. The molecule has 0 aliphatic heterocycles. The highest BCUT2D eigenvalue weighted by molar-refractivity contribution is 7.77. The topological polar surface area (TPSA) is 89.8 Å². The Morgan fingerprint density at radius 1 is 1.06 bits per heavy atom. The number of benzene rings is 2. The molecular weight excluding hydrogens is 461 g/mol. The van der Waals surface area contributed by atoms with E-state index in [1.54, 1.807) is 32.2 Å². The second-order valence-electron chi connectivity index (χ2n) is 6.96. The zero-order chi connectivity index (χ0) is 24.1. The van der Waals surface area contributed by atoms with Gasteiger partial charge in [0, 0.05) is 49.1 Å². The van der Waals surface area contributed by atoms with Crippen LogP contribution in [0.4, 0.5) is 13.2 Å². The van der Waals surface area contributed by atoms with E-state index in [0.717, 1.165) is 17.7 Å². The quantitative estimate of drug-likeness (QED) is 0.356. The predicted molar refractivity (Wildman–Crippen MR) is 117 cm³/mol. The van der Waals surface area contributed by atoms with Crippen molar-refractivity contribution < 1.29 is 31.4 Å². The number of halogens is 3. The third kappa shape index (κ3) is 6.01. The van der Waals surface area contributed by atoms with Crippen molar-refractivity contribution in [2.45, 2.75) is 13.3 Å². The number of nitrogens with zero attached hydrogens (tertiary/aromatic N) is 1. The van der Waals surface area contributed by atoms with Gasteiger partial charge in [0.2, 0.25) is 11.3 Å². The lowest BCUT2D eigenvalue weighted by Gasteiger charge is -2.17. The van der Waals surface area contributed by atoms with Crippen LogP contribution in [0.2, 0.25) is 0 Å². The first-order chi connectivity index (χ1) is 15.7. The van der Waals surface area contributed by atoms with Gasteiger partial charge in [0.15, 0.2) is 17.5 Å². The molecule has 1 unspecified atom stereocenters. The summed E-state index contributed by atoms with van der Waals surface area (Å²) in [7, 11) is 1.55. The monoisotopic (exact) mass is 482 g/mol. The van der Waals surface area contributed by atoms with E-state index in [1.807, 2.05) is 0 Å². The molecule has 33 heavy (non-hydrogen) atoms. The first-order valence-corrected chi connectivity index (χ1v) is 10.9. The molecule has 0 radical (unpaired) electrons. The van der Waals surface area contributed by atoms with Crippen LogP contribution in [0.15, 0.2) is 47.4 Å². The molecule has 0 saturated carbocycles. The number of hydrogen-bond donors (Lipinski definition) is 2. The van der Waals surface area contributed by atoms with Gasteiger partial charge in [-0.25, -0.2) is 22.1 Å². The standard InChI is InChI=1S/C22H21F3N2O5S/c1-3-31-20-11-21(28)27(2)12-16(20)15-8-13(6-7-26-33(29)30)4-5-19(15)32-14-9-17(23)22(25)18(24)10-14/h4-5,8-12,26H,3,6-7H2,1-2H3,(H,29,30). The van der Waals surface area contributed by atoms with E-state index >= 15 is 0 Å². The molecule has 1 heterocycles. The summed E-state index contributed by atoms with van der Waals surface area (Å²) in [5.74, 6) is -4.23. The lowest BCUT2D eigenvalue weighted by molar-refractivity contribution is 0.340. The highest BCUT2D eigenvalue weighted by atomic mass is 32.2. The summed E-state index contributed by atoms with van der Waals surface area (Å²) in [4.78, 5) is 12.1. The van der Waals surface area contributed by atoms with Crippen LogP contribution in [0.3, 0.4) is 0 Å². The summed E-state index contributed by atoms with van der Waals surface area (Å²) in [6.45, 7) is 2.22. The normalized spacial score (nSPS) is 11.9. The van der Waals surface area contributed by atoms with Gasteiger partial charge in [-0.3, -0.25) is 9.35 Å². The highest BCUT2D eigenvalue weighted by Gasteiger charge is 2.18. The first-order valence-electron chi connectivity index (χ1n) is 9.83. The van der Waals surface area contributed by atoms with Gasteiger partial charge in [0.1, 0.15) is 17.2 Å². The Kier molecular flexibility index (Phi) is 7.90. The molecule has 0 bridgehead atoms. The summed E-state index contributed by atoms with van der Waals surface area (Å²) in [6.07, 6.45) is 1.90. The van der Waals surface area contributed by atoms with Gasteiger partial charge in [-0.05, 0) is 31.0 Å². The highest BCUT2D eigenvalue weighted by Crippen LogP contribution is 2.39. The Morgan fingerprint density at radius 2 is 1.76 bits per heavy atom. The fourth-order valence-electron chi connectivity index (χ4n) is 3.12. The Hall–Kier alpha value is -3.15. The van der Waals surface area contributed by atoms with Gasteiger partial charge in [0.25, 0.3) is 5.56 Å². The van der Waals surface area contributed by atoms with Crippen molar-refractivity contribution in [3.8, 4) is 28.4 Å². The van der Waals surface area contributed by atoms with E-state index in [4.69, 9.17) is 14.0 Å². The van der Waals surface area contributed by atoms with E-state index in [-0.39, 0.29) is 36.0 Å². The Morgan fingerprint density at radius 3 is 2.39 bits per heavy atom. The van der Waals surface area contributed by atoms with E-state index in [9.17, 15) is 22.2 Å². The maximum absolute atomic E-state index is 13.7. The second-order valence-corrected chi connectivity index (χ2v) is 7.75. The molecule has 1 atom stereocenters. The minimum absolute atomic E-state index is 0.169. The predicted octanol–water partition coefficient (Wildman–Crippen LogP) is 3.93. The molecule has 0 amide bonds. The van der Waals surface area contributed by atoms with E-state index < -0.39 is 28.7 Å². The Balaban J connectivity index is 2.11. The van der Waals surface area contributed by atoms with E-state index in [1.165, 1.54) is 16.8 Å². The maximum atomic E-state index is 13.7. The average molecular weight is 482 g/mol. The smallest absolute Gasteiger partial charge is 0.254 e. The molecule has 2 N–H and O–H groups in total. The van der Waals surface area contributed by atoms with Crippen LogP contribution in [-0.2, 0) is 24.7 Å². The van der Waals surface area contributed by atoms with Crippen LogP contribution in [-0.4, -0.2) is 26.5 Å². The van der Waals surface area contributed by atoms with Crippen molar-refractivity contribution in [2.24, 2.45) is 7.05 Å². The fraction of sp³-hybridized carbons (Fsp3) is 0.227. The Bertz CT molecular complexity index is 1230. The van der Waals surface area contributed by atoms with Crippen molar-refractivity contribution in [2.75, 3.05) is 13.2 Å². The molecule has 2 aromatic carbocycles. The van der Waals surface area contributed by atoms with Crippen molar-refractivity contribution in [3.05, 3.63) is 76.0 Å². The number of ether oxygens (including phenoxy) is 2. The van der Waals surface area contributed by atoms with Crippen molar-refractivity contribution in [1.82, 2.24) is 9.29 Å². The van der Waals surface area contributed by atoms with Crippen molar-refractivity contribution in [3.63, 3.8) is 0 Å². The van der Waals surface area contributed by atoms with Crippen LogP contribution >= 0.6 is 0 Å². The molecule has 11 heteroatoms. The van der Waals surface area contributed by atoms with Gasteiger partial charge >= 0.3 is 0 Å². The molecule has 7 nitrogen and oxygen atoms in total. The molecule has 3 aromatic rings. The number of aryl methyl sites for hydroxylation is 1. The summed E-state index contributed by atoms with van der Waals surface area (Å²) in [5, 5.41) is 0. The van der Waals surface area contributed by atoms with Crippen LogP contribution in [0.25, 0.3) is 11.1 Å². The fourth-order valence-corrected chi connectivity index (χ4v) is 3.40. The lowest BCUT2D eigenvalue weighted by Crippen LogP contribution is -2.19. The summed E-state index contributed by atoms with van der Waals surface area (Å²) in [5.41, 5.74) is 1.33. The van der Waals surface area contributed by atoms with Crippen molar-refractivity contribution >= 4 is 11.3 Å². The van der Waals surface area contributed by atoms with Gasteiger partial charge < -0.3 is 14.0 Å². The first kappa shape index (κ1) is 24.5. The molecule has 3 rings (SSSR count). The number of hydrogen-bond acceptors (Lipinski definition) is 4. The summed E-state index contributed by atoms with van der Waals surface area (Å²) in [6, 6.07) is 7.67. The van der Waals surface area contributed by atoms with Crippen LogP contribution in [0.1, 0.15) is 12.5 Å². The lowest BCUT2D eigenvalue weighted by atomic mass is 10.0. The molecule has 0 aliphatic carbocycles. The zero-order valence-corrected chi connectivity index (χ0v) is 18.5. The van der Waals surface area contributed by atoms with Gasteiger partial charge in [-0.15, -0.1) is 0 Å². The largest absolute Gasteiger partial charge is 0.493 e. The summed E-state index contributed by atoms with van der Waals surface area (Å²) < 4.78 is 75.5. The number of rotatable bonds is 9. The van der Waals surface area contributed by atoms with Gasteiger partial charge in [0.05, 0.1) is 6.61 Å². The zero-order valence-electron chi connectivity index (χ0n) is 17.7. The SMILES string of the molecule is CCOc1cc(=O)n(C)cc1-c1cc(CCNS(=O)O)ccc1Oc1cc(F)c(F)c(F)c1. The van der Waals surface area contributed by atoms with Crippen LogP contribution in [0, 0.1) is 17.5 Å². The minimum atomic E-state index is -2.16. The number of aromatic nitrogens is 1. The molecule has 0 spiro atoms. The average Bonchev–Trinajstić information content (AvgIpc) is 2.75. The molecule has 0 fully saturated rings. The summed E-state index contributed by atoms with van der Waals surface area (Å²) >= 11 is -2.16. The molecule has 0 saturated heterocycles. The molecule has 1 aromatic heterocycles. The molecule has 0 aliphatic rings. The van der Waals surface area contributed by atoms with Crippen LogP contribution in [0.5, 0.6) is 17.2 Å². The van der Waals surface area contributed by atoms with E-state index in [0.29, 0.717) is 17.5 Å². The second kappa shape index (κ2) is 10.6. The van der Waals surface area contributed by atoms with Crippen LogP contribution < -0.4 is 19.8 Å². The minimum Gasteiger partial charge on any atom is -0.493 e. The van der Waals surface area contributed by atoms with E-state index in [2.05, 4.69) is 4.72 Å². The molecule has 176 valence electrons. The number of pyridine rings is 1.